The number of carbonyl (C=O) groups is 1. The third kappa shape index (κ3) is 3.79. The smallest absolute Gasteiger partial charge is 0.224 e. The second-order valence-electron chi connectivity index (χ2n) is 3.67. The summed E-state index contributed by atoms with van der Waals surface area (Å²) >= 11 is 5.58. The van der Waals surface area contributed by atoms with Crippen LogP contribution in [0.2, 0.25) is 5.02 Å². The summed E-state index contributed by atoms with van der Waals surface area (Å²) in [5.41, 5.74) is 5.61. The second kappa shape index (κ2) is 5.82. The number of benzene rings is 1. The van der Waals surface area contributed by atoms with Gasteiger partial charge < -0.3 is 11.1 Å². The van der Waals surface area contributed by atoms with Crippen LogP contribution in [-0.4, -0.2) is 11.9 Å². The van der Waals surface area contributed by atoms with Crippen LogP contribution in [0.3, 0.4) is 0 Å². The molecule has 88 valence electrons. The van der Waals surface area contributed by atoms with Crippen LogP contribution in [0.25, 0.3) is 0 Å². The SMILES string of the molecule is CC(N)CCC(=O)Nc1cccc(Cl)c1F. The summed E-state index contributed by atoms with van der Waals surface area (Å²) in [7, 11) is 0. The largest absolute Gasteiger partial charge is 0.328 e. The maximum absolute atomic E-state index is 13.4. The number of anilines is 1. The number of carbonyl (C=O) groups excluding carboxylic acids is 1. The summed E-state index contributed by atoms with van der Waals surface area (Å²) in [6.45, 7) is 1.81. The number of nitrogens with one attached hydrogen (secondary N) is 1. The van der Waals surface area contributed by atoms with Gasteiger partial charge in [-0.2, -0.15) is 0 Å². The van der Waals surface area contributed by atoms with Gasteiger partial charge in [-0.25, -0.2) is 4.39 Å². The Bertz CT molecular complexity index is 382. The quantitative estimate of drug-likeness (QED) is 0.855. The van der Waals surface area contributed by atoms with Gasteiger partial charge in [0.1, 0.15) is 0 Å². The molecule has 0 heterocycles. The molecule has 5 heteroatoms. The average Bonchev–Trinajstić information content (AvgIpc) is 2.22. The normalized spacial score (nSPS) is 12.2. The average molecular weight is 245 g/mol. The van der Waals surface area contributed by atoms with Crippen molar-refractivity contribution in [2.24, 2.45) is 5.73 Å². The van der Waals surface area contributed by atoms with Crippen LogP contribution in [-0.2, 0) is 4.79 Å². The van der Waals surface area contributed by atoms with Gasteiger partial charge in [0.15, 0.2) is 5.82 Å². The lowest BCUT2D eigenvalue weighted by molar-refractivity contribution is -0.116. The molecule has 0 aliphatic rings. The van der Waals surface area contributed by atoms with Crippen molar-refractivity contribution in [3.8, 4) is 0 Å². The number of hydrogen-bond acceptors (Lipinski definition) is 2. The van der Waals surface area contributed by atoms with Crippen LogP contribution in [0, 0.1) is 5.82 Å². The van der Waals surface area contributed by atoms with E-state index in [1.54, 1.807) is 6.07 Å². The third-order valence-electron chi connectivity index (χ3n) is 2.05. The summed E-state index contributed by atoms with van der Waals surface area (Å²) in [5, 5.41) is 2.44. The highest BCUT2D eigenvalue weighted by molar-refractivity contribution is 6.31. The van der Waals surface area contributed by atoms with E-state index in [0.29, 0.717) is 6.42 Å². The van der Waals surface area contributed by atoms with Gasteiger partial charge in [0.2, 0.25) is 5.91 Å². The lowest BCUT2D eigenvalue weighted by Crippen LogP contribution is -2.19. The highest BCUT2D eigenvalue weighted by Crippen LogP contribution is 2.22. The Morgan fingerprint density at radius 1 is 1.62 bits per heavy atom. The fraction of sp³-hybridized carbons (Fsp3) is 0.364. The molecule has 1 rings (SSSR count). The second-order valence-corrected chi connectivity index (χ2v) is 4.07. The van der Waals surface area contributed by atoms with Gasteiger partial charge in [-0.3, -0.25) is 4.79 Å². The van der Waals surface area contributed by atoms with E-state index in [4.69, 9.17) is 17.3 Å². The Morgan fingerprint density at radius 2 is 2.31 bits per heavy atom. The molecule has 16 heavy (non-hydrogen) atoms. The molecular weight excluding hydrogens is 231 g/mol. The van der Waals surface area contributed by atoms with Crippen LogP contribution >= 0.6 is 11.6 Å². The summed E-state index contributed by atoms with van der Waals surface area (Å²) in [5.74, 6) is -0.878. The van der Waals surface area contributed by atoms with Gasteiger partial charge in [-0.15, -0.1) is 0 Å². The zero-order valence-corrected chi connectivity index (χ0v) is 9.72. The van der Waals surface area contributed by atoms with E-state index in [2.05, 4.69) is 5.32 Å². The van der Waals surface area contributed by atoms with Crippen molar-refractivity contribution in [2.75, 3.05) is 5.32 Å². The lowest BCUT2D eigenvalue weighted by atomic mass is 10.2. The molecule has 1 amide bonds. The zero-order chi connectivity index (χ0) is 12.1. The standard InChI is InChI=1S/C11H14ClFN2O/c1-7(14)5-6-10(16)15-9-4-2-3-8(12)11(9)13/h2-4,7H,5-6,14H2,1H3,(H,15,16). The van der Waals surface area contributed by atoms with E-state index in [1.807, 2.05) is 6.92 Å². The fourth-order valence-electron chi connectivity index (χ4n) is 1.17. The van der Waals surface area contributed by atoms with Crippen molar-refractivity contribution in [1.29, 1.82) is 0 Å². The molecule has 0 aliphatic carbocycles. The molecule has 1 aromatic rings. The van der Waals surface area contributed by atoms with Crippen LogP contribution in [0.1, 0.15) is 19.8 Å². The van der Waals surface area contributed by atoms with E-state index in [-0.39, 0.29) is 29.1 Å². The number of hydrogen-bond donors (Lipinski definition) is 2. The van der Waals surface area contributed by atoms with Crippen molar-refractivity contribution in [2.45, 2.75) is 25.8 Å². The Balaban J connectivity index is 2.59. The molecule has 0 aromatic heterocycles. The topological polar surface area (TPSA) is 55.1 Å². The van der Waals surface area contributed by atoms with E-state index in [0.717, 1.165) is 0 Å². The Hall–Kier alpha value is -1.13. The minimum atomic E-state index is -0.613. The first-order chi connectivity index (χ1) is 7.50. The first-order valence-electron chi connectivity index (χ1n) is 5.00. The highest BCUT2D eigenvalue weighted by Gasteiger charge is 2.09. The minimum Gasteiger partial charge on any atom is -0.328 e. The number of rotatable bonds is 4. The van der Waals surface area contributed by atoms with Gasteiger partial charge in [0, 0.05) is 12.5 Å². The molecule has 0 bridgehead atoms. The minimum absolute atomic E-state index is 0.00927. The first kappa shape index (κ1) is 12.9. The molecule has 3 N–H and O–H groups in total. The Morgan fingerprint density at radius 3 is 2.94 bits per heavy atom. The fourth-order valence-corrected chi connectivity index (χ4v) is 1.35. The van der Waals surface area contributed by atoms with E-state index < -0.39 is 5.82 Å². The molecule has 0 aliphatic heterocycles. The molecule has 0 radical (unpaired) electrons. The zero-order valence-electron chi connectivity index (χ0n) is 8.97. The molecule has 1 atom stereocenters. The third-order valence-corrected chi connectivity index (χ3v) is 2.34. The highest BCUT2D eigenvalue weighted by atomic mass is 35.5. The predicted octanol–water partition coefficient (Wildman–Crippen LogP) is 2.55. The maximum Gasteiger partial charge on any atom is 0.224 e. The molecular formula is C11H14ClFN2O. The van der Waals surface area contributed by atoms with Crippen LogP contribution in [0.15, 0.2) is 18.2 Å². The molecule has 3 nitrogen and oxygen atoms in total. The van der Waals surface area contributed by atoms with Crippen molar-refractivity contribution in [3.05, 3.63) is 29.0 Å². The summed E-state index contributed by atoms with van der Waals surface area (Å²) in [6.07, 6.45) is 0.831. The molecule has 0 spiro atoms. The molecule has 0 fully saturated rings. The summed E-state index contributed by atoms with van der Waals surface area (Å²) in [4.78, 5) is 11.4. The van der Waals surface area contributed by atoms with Gasteiger partial charge in [-0.1, -0.05) is 17.7 Å². The van der Waals surface area contributed by atoms with E-state index in [9.17, 15) is 9.18 Å². The van der Waals surface area contributed by atoms with Crippen LogP contribution in [0.5, 0.6) is 0 Å². The van der Waals surface area contributed by atoms with Gasteiger partial charge >= 0.3 is 0 Å². The van der Waals surface area contributed by atoms with Crippen molar-refractivity contribution >= 4 is 23.2 Å². The molecule has 1 unspecified atom stereocenters. The van der Waals surface area contributed by atoms with E-state index in [1.165, 1.54) is 12.1 Å². The van der Waals surface area contributed by atoms with Crippen LogP contribution < -0.4 is 11.1 Å². The molecule has 0 saturated heterocycles. The van der Waals surface area contributed by atoms with Gasteiger partial charge in [0.05, 0.1) is 10.7 Å². The Kier molecular flexibility index (Phi) is 4.71. The maximum atomic E-state index is 13.4. The van der Waals surface area contributed by atoms with Crippen molar-refractivity contribution < 1.29 is 9.18 Å². The van der Waals surface area contributed by atoms with E-state index >= 15 is 0 Å². The summed E-state index contributed by atoms with van der Waals surface area (Å²) < 4.78 is 13.4. The summed E-state index contributed by atoms with van der Waals surface area (Å²) in [6, 6.07) is 4.42. The van der Waals surface area contributed by atoms with Gasteiger partial charge in [-0.05, 0) is 25.5 Å². The monoisotopic (exact) mass is 244 g/mol. The Labute approximate surface area is 98.8 Å². The van der Waals surface area contributed by atoms with Crippen LogP contribution in [0.4, 0.5) is 10.1 Å². The van der Waals surface area contributed by atoms with Crippen molar-refractivity contribution in [1.82, 2.24) is 0 Å². The number of halogens is 2. The van der Waals surface area contributed by atoms with Crippen molar-refractivity contribution in [3.63, 3.8) is 0 Å². The first-order valence-corrected chi connectivity index (χ1v) is 5.38. The predicted molar refractivity (Wildman–Crippen MR) is 62.9 cm³/mol. The van der Waals surface area contributed by atoms with Gasteiger partial charge in [0.25, 0.3) is 0 Å². The number of nitrogens with two attached hydrogens (primary N) is 1. The number of amides is 1. The molecule has 0 saturated carbocycles. The lowest BCUT2D eigenvalue weighted by Gasteiger charge is -2.08. The molecule has 1 aromatic carbocycles.